The van der Waals surface area contributed by atoms with E-state index in [1.54, 1.807) is 30.3 Å². The molecule has 0 radical (unpaired) electrons. The fraction of sp³-hybridized carbons (Fsp3) is 0. The van der Waals surface area contributed by atoms with Gasteiger partial charge in [0.1, 0.15) is 0 Å². The summed E-state index contributed by atoms with van der Waals surface area (Å²) in [5, 5.41) is 30.8. The molecule has 0 amide bonds. The molecule has 0 fully saturated rings. The first-order valence-electron chi connectivity index (χ1n) is 6.97. The summed E-state index contributed by atoms with van der Waals surface area (Å²) in [5.74, 6) is -1.03. The lowest BCUT2D eigenvalue weighted by molar-refractivity contribution is -0.384. The van der Waals surface area contributed by atoms with Crippen molar-refractivity contribution in [1.82, 2.24) is 4.57 Å². The molecule has 0 saturated heterocycles. The first-order chi connectivity index (χ1) is 11.5. The van der Waals surface area contributed by atoms with E-state index in [4.69, 9.17) is 0 Å². The lowest BCUT2D eigenvalue weighted by atomic mass is 10.0. The molecule has 0 aliphatic rings. The van der Waals surface area contributed by atoms with Gasteiger partial charge in [0, 0.05) is 29.8 Å². The summed E-state index contributed by atoms with van der Waals surface area (Å²) in [6.45, 7) is 0. The highest BCUT2D eigenvalue weighted by Crippen LogP contribution is 2.31. The van der Waals surface area contributed by atoms with Gasteiger partial charge in [0.25, 0.3) is 5.69 Å². The first kappa shape index (κ1) is 15.3. The van der Waals surface area contributed by atoms with Crippen molar-refractivity contribution < 1.29 is 19.9 Å². The van der Waals surface area contributed by atoms with Crippen molar-refractivity contribution in [3.63, 3.8) is 0 Å². The topological polar surface area (TPSA) is 106 Å². The number of hydrogen-bond donors (Lipinski definition) is 2. The third-order valence-electron chi connectivity index (χ3n) is 3.55. The van der Waals surface area contributed by atoms with E-state index in [-0.39, 0.29) is 28.7 Å². The second-order valence-corrected chi connectivity index (χ2v) is 5.04. The van der Waals surface area contributed by atoms with Crippen LogP contribution in [0.5, 0.6) is 11.8 Å². The number of nitro groups is 1. The molecule has 0 bridgehead atoms. The van der Waals surface area contributed by atoms with Crippen molar-refractivity contribution in [3.8, 4) is 17.4 Å². The van der Waals surface area contributed by atoms with E-state index in [2.05, 4.69) is 0 Å². The van der Waals surface area contributed by atoms with Crippen LogP contribution in [0.15, 0.2) is 60.7 Å². The zero-order valence-corrected chi connectivity index (χ0v) is 12.3. The monoisotopic (exact) mass is 324 g/mol. The molecule has 0 aliphatic heterocycles. The third kappa shape index (κ3) is 2.58. The summed E-state index contributed by atoms with van der Waals surface area (Å²) >= 11 is 0. The summed E-state index contributed by atoms with van der Waals surface area (Å²) in [6, 6.07) is 14.4. The van der Waals surface area contributed by atoms with Crippen LogP contribution in [0.25, 0.3) is 5.69 Å². The van der Waals surface area contributed by atoms with E-state index < -0.39 is 10.7 Å². The van der Waals surface area contributed by atoms with Gasteiger partial charge in [-0.1, -0.05) is 30.3 Å². The van der Waals surface area contributed by atoms with Gasteiger partial charge in [-0.2, -0.15) is 0 Å². The molecule has 0 unspecified atom stereocenters. The zero-order chi connectivity index (χ0) is 17.3. The Hall–Kier alpha value is -3.61. The molecule has 3 aromatic rings. The highest BCUT2D eigenvalue weighted by Gasteiger charge is 2.21. The molecule has 3 rings (SSSR count). The van der Waals surface area contributed by atoms with E-state index >= 15 is 0 Å². The van der Waals surface area contributed by atoms with Crippen LogP contribution in [0.3, 0.4) is 0 Å². The molecule has 0 atom stereocenters. The van der Waals surface area contributed by atoms with Crippen LogP contribution in [0.4, 0.5) is 5.69 Å². The lowest BCUT2D eigenvalue weighted by Crippen LogP contribution is -2.08. The number of aromatic hydroxyl groups is 2. The molecule has 7 nitrogen and oxygen atoms in total. The first-order valence-corrected chi connectivity index (χ1v) is 6.97. The average Bonchev–Trinajstić information content (AvgIpc) is 2.93. The molecule has 2 N–H and O–H groups in total. The minimum absolute atomic E-state index is 0.00259. The Kier molecular flexibility index (Phi) is 3.75. The maximum absolute atomic E-state index is 12.8. The molecule has 0 saturated carbocycles. The van der Waals surface area contributed by atoms with Gasteiger partial charge in [-0.3, -0.25) is 19.5 Å². The summed E-state index contributed by atoms with van der Waals surface area (Å²) in [6.07, 6.45) is 0. The molecular weight excluding hydrogens is 312 g/mol. The van der Waals surface area contributed by atoms with Gasteiger partial charge >= 0.3 is 0 Å². The number of nitro benzene ring substituents is 1. The minimum atomic E-state index is -0.610. The molecule has 7 heteroatoms. The largest absolute Gasteiger partial charge is 0.494 e. The van der Waals surface area contributed by atoms with Crippen LogP contribution in [0.1, 0.15) is 15.9 Å². The second kappa shape index (κ2) is 5.88. The number of non-ortho nitro benzene ring substituents is 1. The smallest absolute Gasteiger partial charge is 0.270 e. The number of rotatable bonds is 4. The fourth-order valence-corrected chi connectivity index (χ4v) is 2.42. The Morgan fingerprint density at radius 2 is 1.58 bits per heavy atom. The number of aromatic nitrogens is 1. The molecule has 0 spiro atoms. The zero-order valence-electron chi connectivity index (χ0n) is 12.3. The Bertz CT molecular complexity index is 912. The van der Waals surface area contributed by atoms with Gasteiger partial charge in [0.15, 0.2) is 17.5 Å². The number of carbonyl (C=O) groups excluding carboxylic acids is 1. The summed E-state index contributed by atoms with van der Waals surface area (Å²) in [4.78, 5) is 23.2. The summed E-state index contributed by atoms with van der Waals surface area (Å²) in [7, 11) is 0. The summed E-state index contributed by atoms with van der Waals surface area (Å²) < 4.78 is 1.04. The SMILES string of the molecule is O=C(c1ccccc1)c1cc([N+](=O)[O-])ccc1-n1c(O)ccc1O. The fourth-order valence-electron chi connectivity index (χ4n) is 2.42. The van der Waals surface area contributed by atoms with Crippen LogP contribution in [-0.2, 0) is 0 Å². The Morgan fingerprint density at radius 3 is 2.17 bits per heavy atom. The third-order valence-corrected chi connectivity index (χ3v) is 3.55. The Morgan fingerprint density at radius 1 is 0.958 bits per heavy atom. The van der Waals surface area contributed by atoms with E-state index in [1.165, 1.54) is 24.3 Å². The van der Waals surface area contributed by atoms with E-state index in [9.17, 15) is 25.1 Å². The Labute approximate surface area is 136 Å². The number of hydrogen-bond acceptors (Lipinski definition) is 5. The van der Waals surface area contributed by atoms with Crippen molar-refractivity contribution in [2.24, 2.45) is 0 Å². The van der Waals surface area contributed by atoms with Gasteiger partial charge < -0.3 is 10.2 Å². The van der Waals surface area contributed by atoms with Gasteiger partial charge in [0.2, 0.25) is 0 Å². The van der Waals surface area contributed by atoms with Crippen LogP contribution in [-0.4, -0.2) is 25.5 Å². The van der Waals surface area contributed by atoms with Crippen molar-refractivity contribution in [2.75, 3.05) is 0 Å². The second-order valence-electron chi connectivity index (χ2n) is 5.04. The van der Waals surface area contributed by atoms with Gasteiger partial charge in [-0.05, 0) is 6.07 Å². The predicted molar refractivity (Wildman–Crippen MR) is 85.6 cm³/mol. The van der Waals surface area contributed by atoms with E-state index in [1.807, 2.05) is 0 Å². The molecular formula is C17H12N2O5. The molecule has 1 heterocycles. The highest BCUT2D eigenvalue weighted by molar-refractivity contribution is 6.11. The predicted octanol–water partition coefficient (Wildman–Crippen LogP) is 3.03. The maximum atomic E-state index is 12.8. The Balaban J connectivity index is 2.24. The standard InChI is InChI=1S/C17H12N2O5/c20-15-8-9-16(21)18(15)14-7-6-12(19(23)24)10-13(14)17(22)11-4-2-1-3-5-11/h1-10,20-21H. The van der Waals surface area contributed by atoms with Crippen molar-refractivity contribution in [1.29, 1.82) is 0 Å². The number of ketones is 1. The normalized spacial score (nSPS) is 10.5. The van der Waals surface area contributed by atoms with E-state index in [0.29, 0.717) is 5.56 Å². The van der Waals surface area contributed by atoms with Crippen LogP contribution < -0.4 is 0 Å². The minimum Gasteiger partial charge on any atom is -0.494 e. The average molecular weight is 324 g/mol. The van der Waals surface area contributed by atoms with Gasteiger partial charge in [-0.15, -0.1) is 0 Å². The number of benzene rings is 2. The van der Waals surface area contributed by atoms with E-state index in [0.717, 1.165) is 10.6 Å². The van der Waals surface area contributed by atoms with Crippen molar-refractivity contribution in [2.45, 2.75) is 0 Å². The molecule has 1 aromatic heterocycles. The van der Waals surface area contributed by atoms with Gasteiger partial charge in [0.05, 0.1) is 16.2 Å². The quantitative estimate of drug-likeness (QED) is 0.436. The highest BCUT2D eigenvalue weighted by atomic mass is 16.6. The summed E-state index contributed by atoms with van der Waals surface area (Å²) in [5.41, 5.74) is 0.223. The van der Waals surface area contributed by atoms with Gasteiger partial charge in [-0.25, -0.2) is 0 Å². The number of carbonyl (C=O) groups is 1. The molecule has 24 heavy (non-hydrogen) atoms. The number of nitrogens with zero attached hydrogens (tertiary/aromatic N) is 2. The molecule has 120 valence electrons. The van der Waals surface area contributed by atoms with Crippen molar-refractivity contribution in [3.05, 3.63) is 81.9 Å². The molecule has 2 aromatic carbocycles. The van der Waals surface area contributed by atoms with Crippen LogP contribution >= 0.6 is 0 Å². The van der Waals surface area contributed by atoms with Crippen LogP contribution in [0.2, 0.25) is 0 Å². The van der Waals surface area contributed by atoms with Crippen molar-refractivity contribution >= 4 is 11.5 Å². The van der Waals surface area contributed by atoms with Crippen LogP contribution in [0, 0.1) is 10.1 Å². The lowest BCUT2D eigenvalue weighted by Gasteiger charge is -2.12. The maximum Gasteiger partial charge on any atom is 0.270 e. The molecule has 0 aliphatic carbocycles.